The fraction of sp³-hybridized carbons (Fsp3) is 0.889. The van der Waals surface area contributed by atoms with E-state index in [9.17, 15) is 4.79 Å². The molecule has 1 N–H and O–H groups in total. The average Bonchev–Trinajstić information content (AvgIpc) is 2.08. The van der Waals surface area contributed by atoms with Crippen molar-refractivity contribution in [3.63, 3.8) is 0 Å². The van der Waals surface area contributed by atoms with Crippen LogP contribution in [0.15, 0.2) is 0 Å². The lowest BCUT2D eigenvalue weighted by Crippen LogP contribution is -2.35. The lowest BCUT2D eigenvalue weighted by Gasteiger charge is -2.29. The molecule has 4 heteroatoms. The standard InChI is InChI=1S/C9H17NO3/c1-8(12)13-10-5-2-9(3-6-10)4-7-11/h9,11H,2-7H2,1H3. The minimum Gasteiger partial charge on any atom is -0.396 e. The third kappa shape index (κ3) is 3.74. The molecule has 0 bridgehead atoms. The molecule has 1 aliphatic rings. The summed E-state index contributed by atoms with van der Waals surface area (Å²) in [6.07, 6.45) is 2.88. The van der Waals surface area contributed by atoms with Gasteiger partial charge >= 0.3 is 5.97 Å². The second-order valence-corrected chi connectivity index (χ2v) is 3.47. The minimum absolute atomic E-state index is 0.249. The first-order valence-electron chi connectivity index (χ1n) is 4.76. The van der Waals surface area contributed by atoms with E-state index >= 15 is 0 Å². The lowest BCUT2D eigenvalue weighted by molar-refractivity contribution is -0.194. The van der Waals surface area contributed by atoms with E-state index < -0.39 is 0 Å². The number of aliphatic hydroxyl groups excluding tert-OH is 1. The molecule has 0 spiro atoms. The van der Waals surface area contributed by atoms with E-state index in [2.05, 4.69) is 0 Å². The molecule has 0 aliphatic carbocycles. The van der Waals surface area contributed by atoms with Crippen LogP contribution in [0.3, 0.4) is 0 Å². The average molecular weight is 187 g/mol. The van der Waals surface area contributed by atoms with Gasteiger partial charge in [0.1, 0.15) is 0 Å². The molecular weight excluding hydrogens is 170 g/mol. The fourth-order valence-corrected chi connectivity index (χ4v) is 1.65. The highest BCUT2D eigenvalue weighted by Gasteiger charge is 2.20. The summed E-state index contributed by atoms with van der Waals surface area (Å²) in [6, 6.07) is 0. The van der Waals surface area contributed by atoms with Crippen molar-refractivity contribution in [2.45, 2.75) is 26.2 Å². The summed E-state index contributed by atoms with van der Waals surface area (Å²) >= 11 is 0. The third-order valence-electron chi connectivity index (χ3n) is 2.37. The van der Waals surface area contributed by atoms with Crippen molar-refractivity contribution in [3.05, 3.63) is 0 Å². The molecule has 0 radical (unpaired) electrons. The molecule has 4 nitrogen and oxygen atoms in total. The van der Waals surface area contributed by atoms with Gasteiger partial charge in [0, 0.05) is 26.6 Å². The molecule has 13 heavy (non-hydrogen) atoms. The summed E-state index contributed by atoms with van der Waals surface area (Å²) in [7, 11) is 0. The zero-order valence-electron chi connectivity index (χ0n) is 8.03. The van der Waals surface area contributed by atoms with E-state index in [1.54, 1.807) is 5.06 Å². The molecule has 1 aliphatic heterocycles. The van der Waals surface area contributed by atoms with Crippen LogP contribution < -0.4 is 0 Å². The van der Waals surface area contributed by atoms with Gasteiger partial charge in [-0.1, -0.05) is 0 Å². The van der Waals surface area contributed by atoms with Crippen LogP contribution >= 0.6 is 0 Å². The van der Waals surface area contributed by atoms with Crippen molar-refractivity contribution >= 4 is 5.97 Å². The Hall–Kier alpha value is -0.610. The van der Waals surface area contributed by atoms with Crippen molar-refractivity contribution in [3.8, 4) is 0 Å². The van der Waals surface area contributed by atoms with Gasteiger partial charge in [-0.05, 0) is 25.2 Å². The summed E-state index contributed by atoms with van der Waals surface area (Å²) in [6.45, 7) is 3.27. The number of nitrogens with zero attached hydrogens (tertiary/aromatic N) is 1. The van der Waals surface area contributed by atoms with Gasteiger partial charge in [-0.15, -0.1) is 5.06 Å². The third-order valence-corrected chi connectivity index (χ3v) is 2.37. The number of carbonyl (C=O) groups is 1. The molecule has 0 saturated carbocycles. The number of hydrogen-bond acceptors (Lipinski definition) is 4. The number of aliphatic hydroxyl groups is 1. The Bertz CT molecular complexity index is 164. The smallest absolute Gasteiger partial charge is 0.322 e. The molecule has 1 rings (SSSR count). The van der Waals surface area contributed by atoms with Gasteiger partial charge in [-0.25, -0.2) is 0 Å². The zero-order chi connectivity index (χ0) is 9.68. The van der Waals surface area contributed by atoms with Crippen LogP contribution in [0.5, 0.6) is 0 Å². The molecule has 0 amide bonds. The van der Waals surface area contributed by atoms with Gasteiger partial charge in [0.15, 0.2) is 0 Å². The van der Waals surface area contributed by atoms with Crippen molar-refractivity contribution in [1.29, 1.82) is 0 Å². The largest absolute Gasteiger partial charge is 0.396 e. The van der Waals surface area contributed by atoms with Crippen molar-refractivity contribution in [2.75, 3.05) is 19.7 Å². The van der Waals surface area contributed by atoms with Crippen LogP contribution in [-0.2, 0) is 9.63 Å². The molecule has 0 aromatic rings. The topological polar surface area (TPSA) is 49.8 Å². The molecule has 1 saturated heterocycles. The van der Waals surface area contributed by atoms with Gasteiger partial charge in [0.25, 0.3) is 0 Å². The summed E-state index contributed by atoms with van der Waals surface area (Å²) in [5.74, 6) is 0.345. The first kappa shape index (κ1) is 10.5. The summed E-state index contributed by atoms with van der Waals surface area (Å²) in [5, 5.41) is 10.4. The Balaban J connectivity index is 2.18. The molecule has 1 fully saturated rings. The van der Waals surface area contributed by atoms with Crippen molar-refractivity contribution in [2.24, 2.45) is 5.92 Å². The Morgan fingerprint density at radius 2 is 2.15 bits per heavy atom. The molecule has 0 aromatic carbocycles. The molecule has 0 unspecified atom stereocenters. The number of hydrogen-bond donors (Lipinski definition) is 1. The summed E-state index contributed by atoms with van der Waals surface area (Å²) < 4.78 is 0. The maximum absolute atomic E-state index is 10.6. The van der Waals surface area contributed by atoms with Crippen LogP contribution in [0, 0.1) is 5.92 Å². The predicted molar refractivity (Wildman–Crippen MR) is 47.8 cm³/mol. The SMILES string of the molecule is CC(=O)ON1CCC(CCO)CC1. The number of carbonyl (C=O) groups excluding carboxylic acids is 1. The van der Waals surface area contributed by atoms with Crippen LogP contribution in [0.25, 0.3) is 0 Å². The van der Waals surface area contributed by atoms with E-state index in [1.165, 1.54) is 6.92 Å². The fourth-order valence-electron chi connectivity index (χ4n) is 1.65. The Kier molecular flexibility index (Phi) is 4.18. The van der Waals surface area contributed by atoms with Gasteiger partial charge in [0.2, 0.25) is 0 Å². The second kappa shape index (κ2) is 5.19. The molecule has 0 aromatic heterocycles. The van der Waals surface area contributed by atoms with E-state index in [0.29, 0.717) is 5.92 Å². The molecule has 1 heterocycles. The molecule has 76 valence electrons. The summed E-state index contributed by atoms with van der Waals surface area (Å²) in [5.41, 5.74) is 0. The minimum atomic E-state index is -0.249. The van der Waals surface area contributed by atoms with E-state index in [-0.39, 0.29) is 12.6 Å². The second-order valence-electron chi connectivity index (χ2n) is 3.47. The van der Waals surface area contributed by atoms with Crippen molar-refractivity contribution in [1.82, 2.24) is 5.06 Å². The molecular formula is C9H17NO3. The van der Waals surface area contributed by atoms with Crippen LogP contribution in [0.2, 0.25) is 0 Å². The van der Waals surface area contributed by atoms with Crippen LogP contribution in [0.4, 0.5) is 0 Å². The Labute approximate surface area is 78.4 Å². The van der Waals surface area contributed by atoms with E-state index in [1.807, 2.05) is 0 Å². The Morgan fingerprint density at radius 3 is 2.62 bits per heavy atom. The zero-order valence-corrected chi connectivity index (χ0v) is 8.03. The highest BCUT2D eigenvalue weighted by atomic mass is 16.7. The number of hydroxylamine groups is 2. The first-order chi connectivity index (χ1) is 6.22. The maximum atomic E-state index is 10.6. The molecule has 0 atom stereocenters. The Morgan fingerprint density at radius 1 is 1.54 bits per heavy atom. The monoisotopic (exact) mass is 187 g/mol. The van der Waals surface area contributed by atoms with Crippen LogP contribution in [-0.4, -0.2) is 35.8 Å². The normalized spacial score (nSPS) is 20.2. The first-order valence-corrected chi connectivity index (χ1v) is 4.76. The van der Waals surface area contributed by atoms with E-state index in [0.717, 1.165) is 32.4 Å². The quantitative estimate of drug-likeness (QED) is 0.701. The van der Waals surface area contributed by atoms with Gasteiger partial charge in [-0.2, -0.15) is 0 Å². The maximum Gasteiger partial charge on any atom is 0.322 e. The summed E-state index contributed by atoms with van der Waals surface area (Å²) in [4.78, 5) is 15.6. The van der Waals surface area contributed by atoms with Crippen LogP contribution in [0.1, 0.15) is 26.2 Å². The van der Waals surface area contributed by atoms with Crippen molar-refractivity contribution < 1.29 is 14.7 Å². The lowest BCUT2D eigenvalue weighted by atomic mass is 9.95. The van der Waals surface area contributed by atoms with E-state index in [4.69, 9.17) is 9.94 Å². The van der Waals surface area contributed by atoms with Gasteiger partial charge in [-0.3, -0.25) is 4.79 Å². The highest BCUT2D eigenvalue weighted by molar-refractivity contribution is 5.65. The predicted octanol–water partition coefficient (Wildman–Crippen LogP) is 0.559. The highest BCUT2D eigenvalue weighted by Crippen LogP contribution is 2.19. The number of rotatable bonds is 3. The van der Waals surface area contributed by atoms with Gasteiger partial charge < -0.3 is 9.94 Å². The van der Waals surface area contributed by atoms with Gasteiger partial charge in [0.05, 0.1) is 0 Å². The number of piperidine rings is 1.